The van der Waals surface area contributed by atoms with Crippen molar-refractivity contribution in [1.29, 1.82) is 0 Å². The number of rotatable bonds is 5. The maximum Gasteiger partial charge on any atom is 0.259 e. The molecule has 126 valence electrons. The van der Waals surface area contributed by atoms with Crippen LogP contribution in [0.25, 0.3) is 23.7 Å². The van der Waals surface area contributed by atoms with Crippen LogP contribution < -0.4 is 5.32 Å². The van der Waals surface area contributed by atoms with E-state index in [1.54, 1.807) is 29.2 Å². The van der Waals surface area contributed by atoms with Gasteiger partial charge in [0.25, 0.3) is 5.91 Å². The Morgan fingerprint density at radius 1 is 1.28 bits per heavy atom. The smallest absolute Gasteiger partial charge is 0.259 e. The molecule has 1 aromatic carbocycles. The van der Waals surface area contributed by atoms with Crippen molar-refractivity contribution in [1.82, 2.24) is 30.4 Å². The van der Waals surface area contributed by atoms with E-state index in [-0.39, 0.29) is 5.91 Å². The van der Waals surface area contributed by atoms with Gasteiger partial charge in [-0.05, 0) is 37.3 Å². The number of aromatic nitrogens is 6. The number of benzene rings is 1. The number of hydrogen-bond donors (Lipinski definition) is 2. The number of anilines is 1. The van der Waals surface area contributed by atoms with E-state index >= 15 is 0 Å². The Balaban J connectivity index is 1.87. The van der Waals surface area contributed by atoms with Gasteiger partial charge in [-0.25, -0.2) is 4.68 Å². The van der Waals surface area contributed by atoms with Gasteiger partial charge in [0, 0.05) is 17.5 Å². The molecule has 0 aliphatic rings. The van der Waals surface area contributed by atoms with Crippen LogP contribution in [-0.4, -0.2) is 36.3 Å². The maximum atomic E-state index is 12.7. The van der Waals surface area contributed by atoms with Gasteiger partial charge in [-0.1, -0.05) is 24.3 Å². The van der Waals surface area contributed by atoms with E-state index in [0.29, 0.717) is 22.8 Å². The van der Waals surface area contributed by atoms with Crippen LogP contribution in [0, 0.1) is 0 Å². The van der Waals surface area contributed by atoms with Crippen LogP contribution in [0.1, 0.15) is 29.9 Å². The molecule has 8 heteroatoms. The second-order valence-electron chi connectivity index (χ2n) is 5.14. The van der Waals surface area contributed by atoms with E-state index in [1.165, 1.54) is 0 Å². The predicted molar refractivity (Wildman–Crippen MR) is 95.5 cm³/mol. The van der Waals surface area contributed by atoms with Gasteiger partial charge in [-0.15, -0.1) is 10.2 Å². The van der Waals surface area contributed by atoms with Crippen LogP contribution in [0.4, 0.5) is 5.69 Å². The molecule has 25 heavy (non-hydrogen) atoms. The van der Waals surface area contributed by atoms with E-state index in [2.05, 4.69) is 31.0 Å². The molecule has 1 amide bonds. The highest BCUT2D eigenvalue weighted by molar-refractivity contribution is 6.06. The highest BCUT2D eigenvalue weighted by Crippen LogP contribution is 2.20. The monoisotopic (exact) mass is 335 g/mol. The van der Waals surface area contributed by atoms with E-state index in [1.807, 2.05) is 44.2 Å². The van der Waals surface area contributed by atoms with E-state index in [4.69, 9.17) is 0 Å². The number of hydrogen-bond acceptors (Lipinski definition) is 5. The average molecular weight is 335 g/mol. The number of nitrogens with zero attached hydrogens (tertiary/aromatic N) is 5. The van der Waals surface area contributed by atoms with Gasteiger partial charge in [-0.3, -0.25) is 4.79 Å². The van der Waals surface area contributed by atoms with Crippen molar-refractivity contribution in [3.8, 4) is 11.4 Å². The summed E-state index contributed by atoms with van der Waals surface area (Å²) in [6, 6.07) is 7.24. The number of carbonyl (C=O) groups excluding carboxylic acids is 1. The summed E-state index contributed by atoms with van der Waals surface area (Å²) < 4.78 is 1.66. The molecule has 2 heterocycles. The van der Waals surface area contributed by atoms with Gasteiger partial charge >= 0.3 is 0 Å². The molecule has 0 radical (unpaired) electrons. The number of amides is 1. The van der Waals surface area contributed by atoms with Crippen molar-refractivity contribution < 1.29 is 4.79 Å². The van der Waals surface area contributed by atoms with Crippen molar-refractivity contribution in [2.75, 3.05) is 5.32 Å². The first-order valence-electron chi connectivity index (χ1n) is 7.71. The Morgan fingerprint density at radius 2 is 2.16 bits per heavy atom. The zero-order valence-corrected chi connectivity index (χ0v) is 13.8. The third-order valence-corrected chi connectivity index (χ3v) is 3.42. The fourth-order valence-electron chi connectivity index (χ4n) is 2.35. The molecule has 0 unspecified atom stereocenters. The fraction of sp³-hybridized carbons (Fsp3) is 0.118. The number of carbonyl (C=O) groups is 1. The largest absolute Gasteiger partial charge is 0.322 e. The standard InChI is InChI=1S/C17H17N7O/c1-3-6-15-14(11-18-24(15)9-4-2)17(25)19-13-8-5-7-12(10-13)16-20-22-23-21-16/h3-11H,1-2H3,(H,19,25)(H,20,21,22,23)/b6-3-,9-4-. The number of nitrogens with one attached hydrogen (secondary N) is 2. The minimum Gasteiger partial charge on any atom is -0.322 e. The number of aromatic amines is 1. The van der Waals surface area contributed by atoms with Crippen LogP contribution >= 0.6 is 0 Å². The Morgan fingerprint density at radius 3 is 2.88 bits per heavy atom. The van der Waals surface area contributed by atoms with E-state index in [0.717, 1.165) is 5.56 Å². The highest BCUT2D eigenvalue weighted by atomic mass is 16.1. The molecule has 2 N–H and O–H groups in total. The summed E-state index contributed by atoms with van der Waals surface area (Å²) in [5, 5.41) is 20.9. The van der Waals surface area contributed by atoms with Crippen LogP contribution in [0.2, 0.25) is 0 Å². The lowest BCUT2D eigenvalue weighted by Gasteiger charge is -2.06. The van der Waals surface area contributed by atoms with Crippen molar-refractivity contribution in [2.45, 2.75) is 13.8 Å². The van der Waals surface area contributed by atoms with Crippen LogP contribution in [-0.2, 0) is 0 Å². The van der Waals surface area contributed by atoms with Crippen LogP contribution in [0.15, 0.2) is 42.6 Å². The molecule has 0 spiro atoms. The predicted octanol–water partition coefficient (Wildman–Crippen LogP) is 2.84. The topological polar surface area (TPSA) is 101 Å². The first-order valence-corrected chi connectivity index (χ1v) is 7.71. The lowest BCUT2D eigenvalue weighted by molar-refractivity contribution is 0.102. The molecule has 0 fully saturated rings. The van der Waals surface area contributed by atoms with Crippen molar-refractivity contribution in [2.24, 2.45) is 0 Å². The normalized spacial score (nSPS) is 11.4. The molecule has 3 rings (SSSR count). The summed E-state index contributed by atoms with van der Waals surface area (Å²) in [5.74, 6) is 0.223. The van der Waals surface area contributed by atoms with Crippen molar-refractivity contribution >= 4 is 23.9 Å². The Hall–Kier alpha value is -3.55. The fourth-order valence-corrected chi connectivity index (χ4v) is 2.35. The summed E-state index contributed by atoms with van der Waals surface area (Å²) in [6.07, 6.45) is 8.91. The van der Waals surface area contributed by atoms with Gasteiger partial charge in [0.1, 0.15) is 0 Å². The van der Waals surface area contributed by atoms with Crippen LogP contribution in [0.5, 0.6) is 0 Å². The summed E-state index contributed by atoms with van der Waals surface area (Å²) in [7, 11) is 0. The minimum absolute atomic E-state index is 0.242. The summed E-state index contributed by atoms with van der Waals surface area (Å²) in [4.78, 5) is 12.7. The molecule has 0 atom stereocenters. The molecule has 0 aliphatic heterocycles. The first-order chi connectivity index (χ1) is 12.2. The van der Waals surface area contributed by atoms with E-state index < -0.39 is 0 Å². The Labute approximate surface area is 144 Å². The molecule has 0 aliphatic carbocycles. The Bertz CT molecular complexity index is 922. The zero-order valence-electron chi connectivity index (χ0n) is 13.8. The van der Waals surface area contributed by atoms with Crippen molar-refractivity contribution in [3.63, 3.8) is 0 Å². The van der Waals surface area contributed by atoms with Gasteiger partial charge in [0.15, 0.2) is 0 Å². The zero-order chi connectivity index (χ0) is 17.6. The van der Waals surface area contributed by atoms with Crippen molar-refractivity contribution in [3.05, 3.63) is 53.9 Å². The second kappa shape index (κ2) is 7.35. The highest BCUT2D eigenvalue weighted by Gasteiger charge is 2.15. The molecule has 8 nitrogen and oxygen atoms in total. The van der Waals surface area contributed by atoms with Gasteiger partial charge < -0.3 is 5.32 Å². The van der Waals surface area contributed by atoms with Gasteiger partial charge in [-0.2, -0.15) is 10.3 Å². The quantitative estimate of drug-likeness (QED) is 0.746. The molecule has 0 saturated heterocycles. The van der Waals surface area contributed by atoms with Crippen LogP contribution in [0.3, 0.4) is 0 Å². The molecule has 2 aromatic heterocycles. The molecule has 0 bridgehead atoms. The second-order valence-corrected chi connectivity index (χ2v) is 5.14. The first kappa shape index (κ1) is 16.3. The lowest BCUT2D eigenvalue weighted by atomic mass is 10.1. The maximum absolute atomic E-state index is 12.7. The third kappa shape index (κ3) is 3.52. The SMILES string of the molecule is C/C=C\c1c(C(=O)Nc2cccc(-c3nn[nH]n3)c2)cnn1/C=C\C. The van der Waals surface area contributed by atoms with Gasteiger partial charge in [0.05, 0.1) is 17.5 Å². The molecular formula is C17H17N7O. The lowest BCUT2D eigenvalue weighted by Crippen LogP contribution is -2.13. The summed E-state index contributed by atoms with van der Waals surface area (Å²) >= 11 is 0. The number of H-pyrrole nitrogens is 1. The average Bonchev–Trinajstić information content (AvgIpc) is 3.27. The molecular weight excluding hydrogens is 318 g/mol. The minimum atomic E-state index is -0.242. The summed E-state index contributed by atoms with van der Waals surface area (Å²) in [5.41, 5.74) is 2.59. The van der Waals surface area contributed by atoms with E-state index in [9.17, 15) is 4.79 Å². The van der Waals surface area contributed by atoms with Gasteiger partial charge in [0.2, 0.25) is 5.82 Å². The molecule has 0 saturated carbocycles. The molecule has 3 aromatic rings. The number of tetrazole rings is 1. The summed E-state index contributed by atoms with van der Waals surface area (Å²) in [6.45, 7) is 3.79. The Kier molecular flexibility index (Phi) is 4.79. The number of allylic oxidation sites excluding steroid dienone is 2. The third-order valence-electron chi connectivity index (χ3n) is 3.42.